The Balaban J connectivity index is 2.11. The summed E-state index contributed by atoms with van der Waals surface area (Å²) in [5.74, 6) is 0. The van der Waals surface area contributed by atoms with Crippen molar-refractivity contribution in [2.45, 2.75) is 20.3 Å². The lowest BCUT2D eigenvalue weighted by Gasteiger charge is -2.17. The van der Waals surface area contributed by atoms with E-state index in [1.807, 2.05) is 5.38 Å². The van der Waals surface area contributed by atoms with Crippen molar-refractivity contribution in [1.29, 1.82) is 0 Å². The average molecular weight is 248 g/mol. The number of anilines is 1. The maximum Gasteiger partial charge on any atom is 0.184 e. The molecule has 0 aliphatic carbocycles. The Bertz CT molecular complexity index is 273. The summed E-state index contributed by atoms with van der Waals surface area (Å²) in [6, 6.07) is 0. The summed E-state index contributed by atoms with van der Waals surface area (Å²) >= 11 is 7.27. The molecule has 0 aliphatic heterocycles. The van der Waals surface area contributed by atoms with Gasteiger partial charge in [-0.25, -0.2) is 4.98 Å². The van der Waals surface area contributed by atoms with Crippen molar-refractivity contribution in [3.63, 3.8) is 0 Å². The van der Waals surface area contributed by atoms with Crippen LogP contribution in [0.15, 0.2) is 5.38 Å². The van der Waals surface area contributed by atoms with Gasteiger partial charge in [-0.15, -0.1) is 11.3 Å². The van der Waals surface area contributed by atoms with Gasteiger partial charge in [-0.05, 0) is 26.1 Å². The lowest BCUT2D eigenvalue weighted by Crippen LogP contribution is -2.25. The molecule has 3 nitrogen and oxygen atoms in total. The van der Waals surface area contributed by atoms with Crippen LogP contribution >= 0.6 is 22.9 Å². The second kappa shape index (κ2) is 7.04. The predicted octanol–water partition coefficient (Wildman–Crippen LogP) is 2.94. The van der Waals surface area contributed by atoms with Gasteiger partial charge in [0, 0.05) is 11.9 Å². The van der Waals surface area contributed by atoms with Gasteiger partial charge in [-0.2, -0.15) is 0 Å². The molecule has 0 fully saturated rings. The fraction of sp³-hybridized carbons (Fsp3) is 0.700. The number of rotatable bonds is 7. The molecule has 0 bridgehead atoms. The second-order valence-corrected chi connectivity index (χ2v) is 4.53. The lowest BCUT2D eigenvalue weighted by atomic mass is 10.3. The summed E-state index contributed by atoms with van der Waals surface area (Å²) in [6.07, 6.45) is 1.14. The molecule has 0 unspecified atom stereocenters. The number of hydrogen-bond acceptors (Lipinski definition) is 4. The third-order valence-corrected chi connectivity index (χ3v) is 3.42. The number of thiazole rings is 1. The van der Waals surface area contributed by atoms with Gasteiger partial charge >= 0.3 is 0 Å². The van der Waals surface area contributed by atoms with E-state index >= 15 is 0 Å². The summed E-state index contributed by atoms with van der Waals surface area (Å²) in [4.78, 5) is 6.54. The van der Waals surface area contributed by atoms with Crippen molar-refractivity contribution in [2.24, 2.45) is 0 Å². The van der Waals surface area contributed by atoms with Crippen LogP contribution in [0.25, 0.3) is 0 Å². The molecule has 5 heteroatoms. The van der Waals surface area contributed by atoms with Crippen LogP contribution in [0.5, 0.6) is 0 Å². The molecule has 15 heavy (non-hydrogen) atoms. The SMILES string of the molecule is CCN(CC)CCCNc1nc(Cl)cs1. The van der Waals surface area contributed by atoms with E-state index < -0.39 is 0 Å². The third kappa shape index (κ3) is 4.82. The monoisotopic (exact) mass is 247 g/mol. The van der Waals surface area contributed by atoms with Crippen molar-refractivity contribution in [3.05, 3.63) is 10.5 Å². The van der Waals surface area contributed by atoms with Crippen molar-refractivity contribution in [2.75, 3.05) is 31.5 Å². The standard InChI is InChI=1S/C10H18ClN3S/c1-3-14(4-2)7-5-6-12-10-13-9(11)8-15-10/h8H,3-7H2,1-2H3,(H,12,13). The quantitative estimate of drug-likeness (QED) is 0.751. The Morgan fingerprint density at radius 3 is 2.73 bits per heavy atom. The van der Waals surface area contributed by atoms with Crippen LogP contribution in [0.2, 0.25) is 5.15 Å². The van der Waals surface area contributed by atoms with Crippen molar-refractivity contribution in [3.8, 4) is 0 Å². The highest BCUT2D eigenvalue weighted by molar-refractivity contribution is 7.14. The Morgan fingerprint density at radius 2 is 2.20 bits per heavy atom. The van der Waals surface area contributed by atoms with Crippen molar-refractivity contribution in [1.82, 2.24) is 9.88 Å². The highest BCUT2D eigenvalue weighted by Gasteiger charge is 2.00. The molecular formula is C10H18ClN3S. The molecule has 1 N–H and O–H groups in total. The normalized spacial score (nSPS) is 10.9. The molecule has 1 aromatic heterocycles. The first-order chi connectivity index (χ1) is 7.26. The van der Waals surface area contributed by atoms with Gasteiger partial charge in [0.05, 0.1) is 0 Å². The van der Waals surface area contributed by atoms with Crippen LogP contribution < -0.4 is 5.32 Å². The van der Waals surface area contributed by atoms with Crippen LogP contribution in [0.3, 0.4) is 0 Å². The van der Waals surface area contributed by atoms with E-state index in [9.17, 15) is 0 Å². The van der Waals surface area contributed by atoms with Gasteiger partial charge in [0.15, 0.2) is 5.13 Å². The first kappa shape index (κ1) is 12.7. The fourth-order valence-electron chi connectivity index (χ4n) is 1.37. The van der Waals surface area contributed by atoms with Crippen LogP contribution in [0.4, 0.5) is 5.13 Å². The molecule has 0 saturated heterocycles. The largest absolute Gasteiger partial charge is 0.361 e. The average Bonchev–Trinajstić information content (AvgIpc) is 2.65. The third-order valence-electron chi connectivity index (χ3n) is 2.30. The minimum absolute atomic E-state index is 0.575. The summed E-state index contributed by atoms with van der Waals surface area (Å²) in [6.45, 7) is 8.73. The number of hydrogen-bond donors (Lipinski definition) is 1. The fourth-order valence-corrected chi connectivity index (χ4v) is 2.24. The zero-order valence-corrected chi connectivity index (χ0v) is 10.9. The van der Waals surface area contributed by atoms with Gasteiger partial charge in [0.2, 0.25) is 0 Å². The zero-order chi connectivity index (χ0) is 11.1. The number of nitrogens with one attached hydrogen (secondary N) is 1. The molecule has 0 spiro atoms. The molecule has 0 radical (unpaired) electrons. The Labute approximate surface area is 100 Å². The number of nitrogens with zero attached hydrogens (tertiary/aromatic N) is 2. The smallest absolute Gasteiger partial charge is 0.184 e. The van der Waals surface area contributed by atoms with Crippen molar-refractivity contribution >= 4 is 28.1 Å². The first-order valence-corrected chi connectivity index (χ1v) is 6.59. The summed E-state index contributed by atoms with van der Waals surface area (Å²) in [5, 5.41) is 6.60. The Morgan fingerprint density at radius 1 is 1.47 bits per heavy atom. The van der Waals surface area contributed by atoms with Crippen LogP contribution in [0.1, 0.15) is 20.3 Å². The maximum absolute atomic E-state index is 5.72. The topological polar surface area (TPSA) is 28.2 Å². The van der Waals surface area contributed by atoms with Gasteiger partial charge < -0.3 is 10.2 Å². The van der Waals surface area contributed by atoms with Crippen LogP contribution in [0, 0.1) is 0 Å². The molecule has 1 heterocycles. The highest BCUT2D eigenvalue weighted by atomic mass is 35.5. The van der Waals surface area contributed by atoms with Gasteiger partial charge in [0.25, 0.3) is 0 Å². The molecular weight excluding hydrogens is 230 g/mol. The van der Waals surface area contributed by atoms with Crippen molar-refractivity contribution < 1.29 is 0 Å². The Hall–Kier alpha value is -0.320. The van der Waals surface area contributed by atoms with Crippen LogP contribution in [-0.4, -0.2) is 36.1 Å². The second-order valence-electron chi connectivity index (χ2n) is 3.28. The van der Waals surface area contributed by atoms with E-state index in [1.165, 1.54) is 0 Å². The number of aromatic nitrogens is 1. The van der Waals surface area contributed by atoms with Gasteiger partial charge in [-0.3, -0.25) is 0 Å². The molecule has 0 saturated carbocycles. The van der Waals surface area contributed by atoms with E-state index in [0.717, 1.165) is 37.7 Å². The maximum atomic E-state index is 5.72. The minimum atomic E-state index is 0.575. The predicted molar refractivity (Wildman–Crippen MR) is 68.0 cm³/mol. The molecule has 1 aromatic rings. The Kier molecular flexibility index (Phi) is 5.98. The molecule has 0 amide bonds. The van der Waals surface area contributed by atoms with E-state index in [2.05, 4.69) is 29.0 Å². The summed E-state index contributed by atoms with van der Waals surface area (Å²) in [5.41, 5.74) is 0. The van der Waals surface area contributed by atoms with E-state index in [1.54, 1.807) is 11.3 Å². The van der Waals surface area contributed by atoms with Crippen LogP contribution in [-0.2, 0) is 0 Å². The minimum Gasteiger partial charge on any atom is -0.361 e. The number of halogens is 1. The summed E-state index contributed by atoms with van der Waals surface area (Å²) < 4.78 is 0. The molecule has 0 aromatic carbocycles. The molecule has 1 rings (SSSR count). The molecule has 86 valence electrons. The van der Waals surface area contributed by atoms with E-state index in [4.69, 9.17) is 11.6 Å². The van der Waals surface area contributed by atoms with Gasteiger partial charge in [0.1, 0.15) is 5.15 Å². The summed E-state index contributed by atoms with van der Waals surface area (Å²) in [7, 11) is 0. The van der Waals surface area contributed by atoms with E-state index in [-0.39, 0.29) is 0 Å². The zero-order valence-electron chi connectivity index (χ0n) is 9.29. The molecule has 0 atom stereocenters. The van der Waals surface area contributed by atoms with E-state index in [0.29, 0.717) is 5.15 Å². The molecule has 0 aliphatic rings. The lowest BCUT2D eigenvalue weighted by molar-refractivity contribution is 0.303. The first-order valence-electron chi connectivity index (χ1n) is 5.33. The van der Waals surface area contributed by atoms with Gasteiger partial charge in [-0.1, -0.05) is 25.4 Å². The highest BCUT2D eigenvalue weighted by Crippen LogP contribution is 2.18.